The fraction of sp³-hybridized carbons (Fsp3) is 0.368. The minimum atomic E-state index is -0.556. The van der Waals surface area contributed by atoms with E-state index < -0.39 is 17.0 Å². The summed E-state index contributed by atoms with van der Waals surface area (Å²) >= 11 is -0.556. The first-order valence-corrected chi connectivity index (χ1v) is 12.5. The molecule has 0 bridgehead atoms. The van der Waals surface area contributed by atoms with Crippen molar-refractivity contribution in [1.82, 2.24) is 0 Å². The van der Waals surface area contributed by atoms with Crippen molar-refractivity contribution in [2.24, 2.45) is 0 Å². The van der Waals surface area contributed by atoms with Gasteiger partial charge in [-0.1, -0.05) is 68.8 Å². The third kappa shape index (κ3) is 8.98. The summed E-state index contributed by atoms with van der Waals surface area (Å²) in [6.07, 6.45) is 3.12. The van der Waals surface area contributed by atoms with Gasteiger partial charge in [-0.15, -0.1) is 24.5 Å². The van der Waals surface area contributed by atoms with Gasteiger partial charge in [0.2, 0.25) is 0 Å². The van der Waals surface area contributed by atoms with Gasteiger partial charge in [0.05, 0.1) is 0 Å². The molecule has 0 N–H and O–H groups in total. The number of aryl methyl sites for hydroxylation is 2. The van der Waals surface area contributed by atoms with Gasteiger partial charge < -0.3 is 10.6 Å². The SMILES string of the molecule is CCc1cccc([N-]CCC[N-]c2cccc(CC)c2)c1.[Cl][Ti][Cl]. The molecule has 0 heterocycles. The zero-order valence-corrected chi connectivity index (χ0v) is 17.4. The van der Waals surface area contributed by atoms with Crippen LogP contribution in [0.4, 0.5) is 11.4 Å². The van der Waals surface area contributed by atoms with E-state index in [2.05, 4.69) is 73.0 Å². The van der Waals surface area contributed by atoms with Crippen LogP contribution in [0.5, 0.6) is 0 Å². The second-order valence-corrected chi connectivity index (χ2v) is 7.81. The van der Waals surface area contributed by atoms with Gasteiger partial charge in [-0.2, -0.15) is 0 Å². The zero-order valence-electron chi connectivity index (χ0n) is 14.3. The average Bonchev–Trinajstić information content (AvgIpc) is 2.62. The molecule has 2 nitrogen and oxygen atoms in total. The Kier molecular flexibility index (Phi) is 12.1. The van der Waals surface area contributed by atoms with Crippen molar-refractivity contribution >= 4 is 30.0 Å². The van der Waals surface area contributed by atoms with Gasteiger partial charge in [0, 0.05) is 0 Å². The van der Waals surface area contributed by atoms with Crippen molar-refractivity contribution in [3.63, 3.8) is 0 Å². The Morgan fingerprint density at radius 1 is 0.792 bits per heavy atom. The van der Waals surface area contributed by atoms with Crippen LogP contribution in [-0.2, 0) is 29.9 Å². The maximum atomic E-state index is 4.89. The standard InChI is InChI=1S/C19H24N2.2ClH.Ti/c1-3-16-8-5-10-18(14-16)20-12-7-13-21-19-11-6-9-17(4-2)15-19;;;/h5-6,8-11,14-15H,3-4,7,12-13H2,1-2H3;2*1H;/q-2;;;+2/p-2. The van der Waals surface area contributed by atoms with Gasteiger partial charge in [0.1, 0.15) is 0 Å². The number of rotatable bonds is 8. The fourth-order valence-electron chi connectivity index (χ4n) is 2.24. The van der Waals surface area contributed by atoms with Crippen molar-refractivity contribution in [2.45, 2.75) is 33.1 Å². The molecule has 24 heavy (non-hydrogen) atoms. The van der Waals surface area contributed by atoms with Gasteiger partial charge in [-0.05, 0) is 24.0 Å². The second kappa shape index (κ2) is 13.6. The van der Waals surface area contributed by atoms with Gasteiger partial charge in [0.25, 0.3) is 0 Å². The van der Waals surface area contributed by atoms with Gasteiger partial charge in [-0.3, -0.25) is 0 Å². The van der Waals surface area contributed by atoms with Gasteiger partial charge >= 0.3 is 35.6 Å². The van der Waals surface area contributed by atoms with Crippen molar-refractivity contribution < 1.29 is 17.0 Å². The minimum absolute atomic E-state index is 0.556. The summed E-state index contributed by atoms with van der Waals surface area (Å²) in [4.78, 5) is 0. The van der Waals surface area contributed by atoms with Crippen LogP contribution in [0.15, 0.2) is 48.5 Å². The summed E-state index contributed by atoms with van der Waals surface area (Å²) in [5.41, 5.74) is 4.86. The molecule has 0 saturated carbocycles. The third-order valence-electron chi connectivity index (χ3n) is 3.54. The molecule has 0 atom stereocenters. The number of halogens is 2. The van der Waals surface area contributed by atoms with E-state index in [1.165, 1.54) is 11.1 Å². The molecule has 2 rings (SSSR count). The number of hydrogen-bond acceptors (Lipinski definition) is 0. The van der Waals surface area contributed by atoms with Crippen LogP contribution in [0.2, 0.25) is 0 Å². The molecule has 0 amide bonds. The molecule has 0 spiro atoms. The fourth-order valence-corrected chi connectivity index (χ4v) is 2.24. The van der Waals surface area contributed by atoms with Crippen LogP contribution in [0.3, 0.4) is 0 Å². The predicted octanol–water partition coefficient (Wildman–Crippen LogP) is 7.29. The van der Waals surface area contributed by atoms with Crippen LogP contribution in [0.25, 0.3) is 10.6 Å². The first kappa shape index (κ1) is 21.4. The topological polar surface area (TPSA) is 28.2 Å². The summed E-state index contributed by atoms with van der Waals surface area (Å²) in [7, 11) is 9.78. The molecule has 0 aliphatic carbocycles. The van der Waals surface area contributed by atoms with E-state index in [-0.39, 0.29) is 0 Å². The summed E-state index contributed by atoms with van der Waals surface area (Å²) in [5.74, 6) is 0. The number of nitrogens with zero attached hydrogens (tertiary/aromatic N) is 2. The zero-order chi connectivity index (χ0) is 17.6. The monoisotopic (exact) mass is 398 g/mol. The molecule has 5 heteroatoms. The molecular weight excluding hydrogens is 375 g/mol. The molecule has 0 fully saturated rings. The molecule has 130 valence electrons. The molecule has 2 aromatic carbocycles. The molecule has 0 unspecified atom stereocenters. The predicted molar refractivity (Wildman–Crippen MR) is 104 cm³/mol. The Balaban J connectivity index is 0.000000891. The molecule has 0 radical (unpaired) electrons. The summed E-state index contributed by atoms with van der Waals surface area (Å²) < 4.78 is 0. The molecule has 0 aliphatic heterocycles. The van der Waals surface area contributed by atoms with Crippen LogP contribution in [-0.4, -0.2) is 13.1 Å². The third-order valence-corrected chi connectivity index (χ3v) is 3.54. The number of benzene rings is 2. The Morgan fingerprint density at radius 2 is 1.21 bits per heavy atom. The Labute approximate surface area is 163 Å². The maximum absolute atomic E-state index is 4.89. The van der Waals surface area contributed by atoms with Gasteiger partial charge in [-0.25, -0.2) is 0 Å². The summed E-state index contributed by atoms with van der Waals surface area (Å²) in [5, 5.41) is 9.24. The first-order chi connectivity index (χ1) is 11.7. The van der Waals surface area contributed by atoms with Crippen LogP contribution in [0, 0.1) is 0 Å². The summed E-state index contributed by atoms with van der Waals surface area (Å²) in [6, 6.07) is 16.9. The van der Waals surface area contributed by atoms with Crippen molar-refractivity contribution in [1.29, 1.82) is 0 Å². The van der Waals surface area contributed by atoms with E-state index >= 15 is 0 Å². The first-order valence-electron chi connectivity index (χ1n) is 8.22. The number of hydrogen-bond donors (Lipinski definition) is 0. The average molecular weight is 399 g/mol. The quantitative estimate of drug-likeness (QED) is 0.330. The van der Waals surface area contributed by atoms with Crippen LogP contribution in [0.1, 0.15) is 31.4 Å². The molecule has 0 aliphatic rings. The molecule has 0 aromatic heterocycles. The van der Waals surface area contributed by atoms with E-state index in [1.54, 1.807) is 0 Å². The Hall–Kier alpha value is -0.666. The van der Waals surface area contributed by atoms with E-state index in [9.17, 15) is 0 Å². The van der Waals surface area contributed by atoms with E-state index in [0.717, 1.165) is 43.7 Å². The van der Waals surface area contributed by atoms with Crippen molar-refractivity contribution in [3.05, 3.63) is 70.3 Å². The molecule has 0 saturated heterocycles. The Morgan fingerprint density at radius 3 is 1.58 bits per heavy atom. The summed E-state index contributed by atoms with van der Waals surface area (Å²) in [6.45, 7) is 6.01. The van der Waals surface area contributed by atoms with Gasteiger partial charge in [0.15, 0.2) is 0 Å². The molecular formula is C19H24Cl2N2Ti-2. The normalized spacial score (nSPS) is 9.67. The van der Waals surface area contributed by atoms with Crippen LogP contribution < -0.4 is 0 Å². The van der Waals surface area contributed by atoms with E-state index in [4.69, 9.17) is 18.6 Å². The van der Waals surface area contributed by atoms with E-state index in [1.807, 2.05) is 0 Å². The van der Waals surface area contributed by atoms with Crippen LogP contribution >= 0.6 is 18.6 Å². The second-order valence-electron chi connectivity index (χ2n) is 5.24. The van der Waals surface area contributed by atoms with E-state index in [0.29, 0.717) is 0 Å². The molecule has 2 aromatic rings. The van der Waals surface area contributed by atoms with Crippen molar-refractivity contribution in [2.75, 3.05) is 13.1 Å². The Bertz CT molecular complexity index is 529. The van der Waals surface area contributed by atoms with Crippen molar-refractivity contribution in [3.8, 4) is 0 Å².